The van der Waals surface area contributed by atoms with Crippen LogP contribution in [0, 0.1) is 0 Å². The summed E-state index contributed by atoms with van der Waals surface area (Å²) in [7, 11) is 1.61. The number of ether oxygens (including phenoxy) is 3. The van der Waals surface area contributed by atoms with Gasteiger partial charge < -0.3 is 19.9 Å². The molecule has 18 heavy (non-hydrogen) atoms. The molecule has 1 heterocycles. The van der Waals surface area contributed by atoms with E-state index in [-0.39, 0.29) is 12.1 Å². The maximum absolute atomic E-state index is 11.8. The van der Waals surface area contributed by atoms with Crippen molar-refractivity contribution in [3.63, 3.8) is 0 Å². The minimum Gasteiger partial charge on any atom is -0.485 e. The quantitative estimate of drug-likeness (QED) is 0.647. The van der Waals surface area contributed by atoms with Crippen LogP contribution in [0.5, 0.6) is 5.75 Å². The number of esters is 1. The van der Waals surface area contributed by atoms with Gasteiger partial charge >= 0.3 is 5.97 Å². The van der Waals surface area contributed by atoms with Gasteiger partial charge in [-0.2, -0.15) is 0 Å². The number of benzene rings is 1. The molecule has 0 radical (unpaired) electrons. The summed E-state index contributed by atoms with van der Waals surface area (Å²) in [6.45, 7) is 2.59. The number of carbonyl (C=O) groups is 1. The largest absolute Gasteiger partial charge is 0.485 e. The Bertz CT molecular complexity index is 459. The lowest BCUT2D eigenvalue weighted by Crippen LogP contribution is -2.19. The molecule has 0 saturated heterocycles. The van der Waals surface area contributed by atoms with Gasteiger partial charge in [0.1, 0.15) is 11.9 Å². The predicted octanol–water partition coefficient (Wildman–Crippen LogP) is 1.40. The second-order valence-corrected chi connectivity index (χ2v) is 4.13. The summed E-state index contributed by atoms with van der Waals surface area (Å²) in [6, 6.07) is 3.35. The maximum atomic E-state index is 11.8. The molecule has 1 atom stereocenters. The zero-order valence-corrected chi connectivity index (χ0v) is 10.6. The zero-order valence-electron chi connectivity index (χ0n) is 10.6. The molecular formula is C13H17NO4. The summed E-state index contributed by atoms with van der Waals surface area (Å²) in [5.74, 6) is 0.248. The minimum atomic E-state index is -0.338. The molecule has 0 spiro atoms. The highest BCUT2D eigenvalue weighted by atomic mass is 16.5. The fourth-order valence-electron chi connectivity index (χ4n) is 2.10. The molecule has 0 aromatic heterocycles. The Morgan fingerprint density at radius 3 is 3.00 bits per heavy atom. The molecule has 5 heteroatoms. The Balaban J connectivity index is 2.31. The third kappa shape index (κ3) is 2.26. The van der Waals surface area contributed by atoms with Gasteiger partial charge in [-0.25, -0.2) is 4.79 Å². The highest BCUT2D eigenvalue weighted by molar-refractivity contribution is 5.93. The van der Waals surface area contributed by atoms with Gasteiger partial charge in [0.25, 0.3) is 0 Å². The van der Waals surface area contributed by atoms with Crippen molar-refractivity contribution in [1.29, 1.82) is 0 Å². The summed E-state index contributed by atoms with van der Waals surface area (Å²) < 4.78 is 15.8. The van der Waals surface area contributed by atoms with Crippen molar-refractivity contribution < 1.29 is 19.0 Å². The van der Waals surface area contributed by atoms with Crippen molar-refractivity contribution in [2.75, 3.05) is 26.1 Å². The van der Waals surface area contributed by atoms with Crippen LogP contribution >= 0.6 is 0 Å². The number of nitrogens with two attached hydrogens (primary N) is 1. The van der Waals surface area contributed by atoms with E-state index >= 15 is 0 Å². The first-order valence-corrected chi connectivity index (χ1v) is 5.91. The first kappa shape index (κ1) is 12.7. The molecule has 0 aliphatic carbocycles. The summed E-state index contributed by atoms with van der Waals surface area (Å²) >= 11 is 0. The summed E-state index contributed by atoms with van der Waals surface area (Å²) in [5, 5.41) is 0. The van der Waals surface area contributed by atoms with E-state index in [4.69, 9.17) is 19.9 Å². The van der Waals surface area contributed by atoms with Crippen LogP contribution in [0.3, 0.4) is 0 Å². The van der Waals surface area contributed by atoms with E-state index in [0.717, 1.165) is 5.56 Å². The number of hydrogen-bond donors (Lipinski definition) is 1. The molecule has 0 saturated carbocycles. The average Bonchev–Trinajstić information content (AvgIpc) is 2.75. The monoisotopic (exact) mass is 251 g/mol. The molecule has 1 aromatic rings. The second kappa shape index (κ2) is 5.27. The molecule has 0 fully saturated rings. The molecule has 1 unspecified atom stereocenters. The number of methoxy groups -OCH3 is 1. The van der Waals surface area contributed by atoms with E-state index in [1.807, 2.05) is 0 Å². The Hall–Kier alpha value is -1.75. The normalized spacial score (nSPS) is 17.1. The summed E-state index contributed by atoms with van der Waals surface area (Å²) in [5.41, 5.74) is 7.74. The molecule has 0 bridgehead atoms. The SMILES string of the molecule is CCOC(=O)c1ccc(N)c2c1CC(COC)O2. The molecule has 98 valence electrons. The van der Waals surface area contributed by atoms with E-state index in [1.165, 1.54) is 0 Å². The lowest BCUT2D eigenvalue weighted by atomic mass is 10.0. The molecule has 2 N–H and O–H groups in total. The van der Waals surface area contributed by atoms with Crippen molar-refractivity contribution in [3.8, 4) is 5.75 Å². The van der Waals surface area contributed by atoms with Gasteiger partial charge in [-0.1, -0.05) is 0 Å². The van der Waals surface area contributed by atoms with Gasteiger partial charge in [0.15, 0.2) is 0 Å². The molecule has 0 amide bonds. The maximum Gasteiger partial charge on any atom is 0.338 e. The highest BCUT2D eigenvalue weighted by Crippen LogP contribution is 2.37. The van der Waals surface area contributed by atoms with Crippen molar-refractivity contribution in [2.45, 2.75) is 19.4 Å². The molecule has 1 aromatic carbocycles. The van der Waals surface area contributed by atoms with Crippen molar-refractivity contribution >= 4 is 11.7 Å². The van der Waals surface area contributed by atoms with E-state index < -0.39 is 0 Å². The molecule has 5 nitrogen and oxygen atoms in total. The van der Waals surface area contributed by atoms with Crippen molar-refractivity contribution in [2.24, 2.45) is 0 Å². The molecular weight excluding hydrogens is 234 g/mol. The first-order valence-electron chi connectivity index (χ1n) is 5.91. The first-order chi connectivity index (χ1) is 8.67. The fourth-order valence-corrected chi connectivity index (χ4v) is 2.10. The minimum absolute atomic E-state index is 0.0946. The summed E-state index contributed by atoms with van der Waals surface area (Å²) in [4.78, 5) is 11.8. The average molecular weight is 251 g/mol. The van der Waals surface area contributed by atoms with E-state index in [9.17, 15) is 4.79 Å². The number of nitrogen functional groups attached to an aromatic ring is 1. The van der Waals surface area contributed by atoms with E-state index in [2.05, 4.69) is 0 Å². The van der Waals surface area contributed by atoms with Crippen LogP contribution in [-0.4, -0.2) is 32.4 Å². The van der Waals surface area contributed by atoms with Crippen LogP contribution in [0.2, 0.25) is 0 Å². The third-order valence-electron chi connectivity index (χ3n) is 2.86. The van der Waals surface area contributed by atoms with Crippen molar-refractivity contribution in [3.05, 3.63) is 23.3 Å². The Labute approximate surface area is 106 Å². The number of fused-ring (bicyclic) bond motifs is 1. The van der Waals surface area contributed by atoms with Crippen LogP contribution in [0.1, 0.15) is 22.8 Å². The second-order valence-electron chi connectivity index (χ2n) is 4.13. The topological polar surface area (TPSA) is 70.8 Å². The molecule has 1 aliphatic rings. The standard InChI is InChI=1S/C13H17NO4/c1-3-17-13(15)9-4-5-11(14)12-10(9)6-8(18-12)7-16-2/h4-5,8H,3,6-7,14H2,1-2H3. The summed E-state index contributed by atoms with van der Waals surface area (Å²) in [6.07, 6.45) is 0.519. The van der Waals surface area contributed by atoms with Crippen LogP contribution < -0.4 is 10.5 Å². The third-order valence-corrected chi connectivity index (χ3v) is 2.86. The molecule has 1 aliphatic heterocycles. The molecule has 2 rings (SSSR count). The fraction of sp³-hybridized carbons (Fsp3) is 0.462. The Morgan fingerprint density at radius 2 is 2.33 bits per heavy atom. The van der Waals surface area contributed by atoms with Crippen LogP contribution in [0.4, 0.5) is 5.69 Å². The predicted molar refractivity (Wildman–Crippen MR) is 66.8 cm³/mol. The highest BCUT2D eigenvalue weighted by Gasteiger charge is 2.29. The lowest BCUT2D eigenvalue weighted by Gasteiger charge is -2.09. The van der Waals surface area contributed by atoms with Gasteiger partial charge in [-0.15, -0.1) is 0 Å². The van der Waals surface area contributed by atoms with Crippen LogP contribution in [0.25, 0.3) is 0 Å². The van der Waals surface area contributed by atoms with Crippen LogP contribution in [0.15, 0.2) is 12.1 Å². The van der Waals surface area contributed by atoms with Gasteiger partial charge in [0, 0.05) is 19.1 Å². The lowest BCUT2D eigenvalue weighted by molar-refractivity contribution is 0.0525. The van der Waals surface area contributed by atoms with Crippen molar-refractivity contribution in [1.82, 2.24) is 0 Å². The van der Waals surface area contributed by atoms with Gasteiger partial charge in [0.05, 0.1) is 24.5 Å². The number of anilines is 1. The number of hydrogen-bond acceptors (Lipinski definition) is 5. The Morgan fingerprint density at radius 1 is 1.56 bits per heavy atom. The van der Waals surface area contributed by atoms with Gasteiger partial charge in [-0.3, -0.25) is 0 Å². The Kier molecular flexibility index (Phi) is 3.72. The number of rotatable bonds is 4. The number of carbonyl (C=O) groups excluding carboxylic acids is 1. The van der Waals surface area contributed by atoms with E-state index in [1.54, 1.807) is 26.2 Å². The zero-order chi connectivity index (χ0) is 13.1. The smallest absolute Gasteiger partial charge is 0.338 e. The van der Waals surface area contributed by atoms with Gasteiger partial charge in [0.2, 0.25) is 0 Å². The van der Waals surface area contributed by atoms with Crippen LogP contribution in [-0.2, 0) is 15.9 Å². The van der Waals surface area contributed by atoms with Gasteiger partial charge in [-0.05, 0) is 19.1 Å². The van der Waals surface area contributed by atoms with E-state index in [0.29, 0.717) is 36.6 Å².